The SMILES string of the molecule is Cc1c(F)cc(C#N)cc1NC1CC2CCC1C2. The minimum atomic E-state index is -0.292. The van der Waals surface area contributed by atoms with E-state index in [1.165, 1.54) is 31.7 Å². The summed E-state index contributed by atoms with van der Waals surface area (Å²) in [5, 5.41) is 12.4. The van der Waals surface area contributed by atoms with Crippen molar-refractivity contribution < 1.29 is 4.39 Å². The predicted octanol–water partition coefficient (Wildman–Crippen LogP) is 3.61. The first kappa shape index (κ1) is 11.5. The van der Waals surface area contributed by atoms with Gasteiger partial charge in [0.05, 0.1) is 11.6 Å². The predicted molar refractivity (Wildman–Crippen MR) is 68.7 cm³/mol. The molecule has 0 aliphatic heterocycles. The molecule has 2 aliphatic rings. The summed E-state index contributed by atoms with van der Waals surface area (Å²) in [4.78, 5) is 0. The lowest BCUT2D eigenvalue weighted by molar-refractivity contribution is 0.439. The smallest absolute Gasteiger partial charge is 0.129 e. The number of halogens is 1. The number of benzene rings is 1. The third kappa shape index (κ3) is 1.86. The molecular weight excluding hydrogens is 227 g/mol. The molecule has 0 radical (unpaired) electrons. The largest absolute Gasteiger partial charge is 0.382 e. The van der Waals surface area contributed by atoms with E-state index in [0.29, 0.717) is 17.2 Å². The van der Waals surface area contributed by atoms with Gasteiger partial charge in [-0.2, -0.15) is 5.26 Å². The van der Waals surface area contributed by atoms with E-state index in [4.69, 9.17) is 5.26 Å². The van der Waals surface area contributed by atoms with Crippen LogP contribution >= 0.6 is 0 Å². The molecule has 1 N–H and O–H groups in total. The van der Waals surface area contributed by atoms with Gasteiger partial charge in [-0.25, -0.2) is 4.39 Å². The number of rotatable bonds is 2. The zero-order valence-electron chi connectivity index (χ0n) is 10.5. The zero-order valence-corrected chi connectivity index (χ0v) is 10.5. The van der Waals surface area contributed by atoms with Gasteiger partial charge in [0.15, 0.2) is 0 Å². The van der Waals surface area contributed by atoms with E-state index in [0.717, 1.165) is 17.5 Å². The van der Waals surface area contributed by atoms with Gasteiger partial charge >= 0.3 is 0 Å². The van der Waals surface area contributed by atoms with Crippen LogP contribution in [0.3, 0.4) is 0 Å². The highest BCUT2D eigenvalue weighted by Crippen LogP contribution is 2.45. The number of nitrogens with zero attached hydrogens (tertiary/aromatic N) is 1. The molecule has 0 aromatic heterocycles. The Morgan fingerprint density at radius 1 is 1.33 bits per heavy atom. The van der Waals surface area contributed by atoms with Crippen molar-refractivity contribution in [2.75, 3.05) is 5.32 Å². The fourth-order valence-corrected chi connectivity index (χ4v) is 3.51. The summed E-state index contributed by atoms with van der Waals surface area (Å²) in [6, 6.07) is 5.56. The van der Waals surface area contributed by atoms with Crippen molar-refractivity contribution in [2.45, 2.75) is 38.6 Å². The van der Waals surface area contributed by atoms with Gasteiger partial charge in [0, 0.05) is 17.3 Å². The quantitative estimate of drug-likeness (QED) is 0.862. The van der Waals surface area contributed by atoms with Crippen LogP contribution < -0.4 is 5.32 Å². The lowest BCUT2D eigenvalue weighted by Gasteiger charge is -2.25. The van der Waals surface area contributed by atoms with Crippen molar-refractivity contribution in [1.29, 1.82) is 5.26 Å². The maximum atomic E-state index is 13.7. The molecule has 3 atom stereocenters. The molecule has 94 valence electrons. The Labute approximate surface area is 107 Å². The average Bonchev–Trinajstić information content (AvgIpc) is 2.96. The van der Waals surface area contributed by atoms with Crippen LogP contribution in [0.5, 0.6) is 0 Å². The van der Waals surface area contributed by atoms with Gasteiger partial charge < -0.3 is 5.32 Å². The second kappa shape index (κ2) is 4.28. The Kier molecular flexibility index (Phi) is 2.74. The minimum absolute atomic E-state index is 0.292. The molecule has 0 spiro atoms. The second-order valence-electron chi connectivity index (χ2n) is 5.67. The Morgan fingerprint density at radius 3 is 2.78 bits per heavy atom. The molecule has 3 heteroatoms. The zero-order chi connectivity index (χ0) is 12.7. The van der Waals surface area contributed by atoms with Crippen LogP contribution in [0, 0.1) is 35.9 Å². The van der Waals surface area contributed by atoms with Crippen molar-refractivity contribution in [1.82, 2.24) is 0 Å². The summed E-state index contributed by atoms with van der Waals surface area (Å²) in [5.41, 5.74) is 1.81. The topological polar surface area (TPSA) is 35.8 Å². The maximum Gasteiger partial charge on any atom is 0.129 e. The number of hydrogen-bond acceptors (Lipinski definition) is 2. The first-order valence-electron chi connectivity index (χ1n) is 6.64. The Bertz CT molecular complexity index is 518. The monoisotopic (exact) mass is 244 g/mol. The summed E-state index contributed by atoms with van der Waals surface area (Å²) in [6.07, 6.45) is 5.16. The lowest BCUT2D eigenvalue weighted by atomic mass is 9.94. The molecule has 2 aliphatic carbocycles. The van der Waals surface area contributed by atoms with Gasteiger partial charge in [0.1, 0.15) is 5.82 Å². The first-order valence-corrected chi connectivity index (χ1v) is 6.64. The maximum absolute atomic E-state index is 13.7. The lowest BCUT2D eigenvalue weighted by Crippen LogP contribution is -2.26. The molecule has 18 heavy (non-hydrogen) atoms. The molecular formula is C15H17FN2. The Morgan fingerprint density at radius 2 is 2.17 bits per heavy atom. The molecule has 1 aromatic rings. The molecule has 2 nitrogen and oxygen atoms in total. The highest BCUT2D eigenvalue weighted by Gasteiger charge is 2.39. The number of nitriles is 1. The summed E-state index contributed by atoms with van der Waals surface area (Å²) in [5.74, 6) is 1.31. The third-order valence-corrected chi connectivity index (χ3v) is 4.55. The van der Waals surface area contributed by atoms with Gasteiger partial charge in [0.2, 0.25) is 0 Å². The van der Waals surface area contributed by atoms with Crippen molar-refractivity contribution in [2.24, 2.45) is 11.8 Å². The van der Waals surface area contributed by atoms with Gasteiger partial charge in [-0.1, -0.05) is 6.42 Å². The normalized spacial score (nSPS) is 29.3. The second-order valence-corrected chi connectivity index (χ2v) is 5.67. The van der Waals surface area contributed by atoms with Crippen LogP contribution in [0.4, 0.5) is 10.1 Å². The summed E-state index contributed by atoms with van der Waals surface area (Å²) in [6.45, 7) is 1.77. The van der Waals surface area contributed by atoms with E-state index in [1.54, 1.807) is 13.0 Å². The molecule has 2 bridgehead atoms. The van der Waals surface area contributed by atoms with Gasteiger partial charge in [-0.3, -0.25) is 0 Å². The fraction of sp³-hybridized carbons (Fsp3) is 0.533. The van der Waals surface area contributed by atoms with E-state index in [2.05, 4.69) is 5.32 Å². The molecule has 0 saturated heterocycles. The van der Waals surface area contributed by atoms with Crippen molar-refractivity contribution in [3.05, 3.63) is 29.1 Å². The van der Waals surface area contributed by atoms with Crippen LogP contribution in [0.25, 0.3) is 0 Å². The van der Waals surface area contributed by atoms with E-state index in [1.807, 2.05) is 6.07 Å². The number of nitrogens with one attached hydrogen (secondary N) is 1. The van der Waals surface area contributed by atoms with E-state index < -0.39 is 0 Å². The van der Waals surface area contributed by atoms with Crippen LogP contribution in [-0.2, 0) is 0 Å². The van der Waals surface area contributed by atoms with Gasteiger partial charge in [-0.15, -0.1) is 0 Å². The summed E-state index contributed by atoms with van der Waals surface area (Å²) in [7, 11) is 0. The van der Waals surface area contributed by atoms with E-state index in [-0.39, 0.29) is 5.82 Å². The molecule has 0 heterocycles. The fourth-order valence-electron chi connectivity index (χ4n) is 3.51. The van der Waals surface area contributed by atoms with Crippen molar-refractivity contribution in [3.8, 4) is 6.07 Å². The van der Waals surface area contributed by atoms with Gasteiger partial charge in [0.25, 0.3) is 0 Å². The average molecular weight is 244 g/mol. The Balaban J connectivity index is 1.84. The van der Waals surface area contributed by atoms with Crippen LogP contribution in [-0.4, -0.2) is 6.04 Å². The molecule has 3 rings (SSSR count). The molecule has 2 saturated carbocycles. The van der Waals surface area contributed by atoms with Crippen LogP contribution in [0.2, 0.25) is 0 Å². The number of anilines is 1. The summed E-state index contributed by atoms with van der Waals surface area (Å²) >= 11 is 0. The highest BCUT2D eigenvalue weighted by molar-refractivity contribution is 5.56. The standard InChI is InChI=1S/C15H17FN2/c1-9-13(16)5-11(8-17)7-14(9)18-15-6-10-2-3-12(15)4-10/h5,7,10,12,15,18H,2-4,6H2,1H3. The van der Waals surface area contributed by atoms with Crippen molar-refractivity contribution in [3.63, 3.8) is 0 Å². The number of hydrogen-bond donors (Lipinski definition) is 1. The van der Waals surface area contributed by atoms with Crippen LogP contribution in [0.1, 0.15) is 36.8 Å². The van der Waals surface area contributed by atoms with Crippen LogP contribution in [0.15, 0.2) is 12.1 Å². The number of fused-ring (bicyclic) bond motifs is 2. The van der Waals surface area contributed by atoms with E-state index >= 15 is 0 Å². The van der Waals surface area contributed by atoms with Crippen molar-refractivity contribution >= 4 is 5.69 Å². The minimum Gasteiger partial charge on any atom is -0.382 e. The molecule has 1 aromatic carbocycles. The molecule has 2 fully saturated rings. The van der Waals surface area contributed by atoms with Gasteiger partial charge in [-0.05, 0) is 50.2 Å². The third-order valence-electron chi connectivity index (χ3n) is 4.55. The first-order chi connectivity index (χ1) is 8.67. The highest BCUT2D eigenvalue weighted by atomic mass is 19.1. The summed E-state index contributed by atoms with van der Waals surface area (Å²) < 4.78 is 13.7. The van der Waals surface area contributed by atoms with E-state index in [9.17, 15) is 4.39 Å². The molecule has 3 unspecified atom stereocenters. The Hall–Kier alpha value is -1.56. The molecule has 0 amide bonds.